The van der Waals surface area contributed by atoms with Gasteiger partial charge in [0, 0.05) is 28.2 Å². The van der Waals surface area contributed by atoms with E-state index in [0.717, 1.165) is 58.1 Å². The molecule has 3 aliphatic heterocycles. The molecule has 3 heterocycles. The van der Waals surface area contributed by atoms with Gasteiger partial charge in [-0.15, -0.1) is 0 Å². The lowest BCUT2D eigenvalue weighted by molar-refractivity contribution is 0.116. The van der Waals surface area contributed by atoms with Gasteiger partial charge in [-0.2, -0.15) is 0 Å². The molecule has 0 aromatic heterocycles. The second-order valence-corrected chi connectivity index (χ2v) is 12.3. The Labute approximate surface area is 269 Å². The van der Waals surface area contributed by atoms with Gasteiger partial charge in [0.1, 0.15) is 11.9 Å². The Morgan fingerprint density at radius 3 is 2.43 bits per heavy atom. The summed E-state index contributed by atoms with van der Waals surface area (Å²) < 4.78 is 6.70. The third-order valence-corrected chi connectivity index (χ3v) is 9.55. The number of hydrogen-bond donors (Lipinski definition) is 2. The third kappa shape index (κ3) is 4.59. The van der Waals surface area contributed by atoms with Gasteiger partial charge in [0.15, 0.2) is 6.23 Å². The van der Waals surface area contributed by atoms with Crippen molar-refractivity contribution in [2.24, 2.45) is 4.99 Å². The van der Waals surface area contributed by atoms with Gasteiger partial charge in [-0.1, -0.05) is 115 Å². The first kappa shape index (κ1) is 26.8. The number of para-hydroxylation sites is 1. The Hall–Kier alpha value is -5.55. The number of aliphatic imine (C=N–C) groups is 1. The Bertz CT molecular complexity index is 2000. The molecule has 9 rings (SSSR count). The summed E-state index contributed by atoms with van der Waals surface area (Å²) in [7, 11) is 0. The van der Waals surface area contributed by atoms with Crippen LogP contribution in [0.5, 0.6) is 0 Å². The van der Waals surface area contributed by atoms with E-state index in [1.807, 2.05) is 6.07 Å². The predicted molar refractivity (Wildman–Crippen MR) is 185 cm³/mol. The van der Waals surface area contributed by atoms with Crippen molar-refractivity contribution in [1.29, 1.82) is 0 Å². The van der Waals surface area contributed by atoms with E-state index < -0.39 is 0 Å². The number of anilines is 2. The van der Waals surface area contributed by atoms with Crippen LogP contribution in [0, 0.1) is 0 Å². The summed E-state index contributed by atoms with van der Waals surface area (Å²) >= 11 is 0. The van der Waals surface area contributed by atoms with E-state index in [9.17, 15) is 0 Å². The lowest BCUT2D eigenvalue weighted by Crippen LogP contribution is -2.31. The first-order chi connectivity index (χ1) is 22.8. The summed E-state index contributed by atoms with van der Waals surface area (Å²) in [4.78, 5) is 7.73. The van der Waals surface area contributed by atoms with E-state index in [0.29, 0.717) is 0 Å². The fraction of sp³-hybridized carbons (Fsp3) is 0.146. The largest absolute Gasteiger partial charge is 0.468 e. The molecule has 0 radical (unpaired) electrons. The van der Waals surface area contributed by atoms with Gasteiger partial charge in [-0.25, -0.2) is 0 Å². The number of ether oxygens (including phenoxy) is 1. The molecule has 46 heavy (non-hydrogen) atoms. The molecule has 0 spiro atoms. The second-order valence-electron chi connectivity index (χ2n) is 12.3. The predicted octanol–water partition coefficient (Wildman–Crippen LogP) is 8.64. The van der Waals surface area contributed by atoms with Gasteiger partial charge in [-0.3, -0.25) is 4.99 Å². The number of nitrogens with one attached hydrogen (secondary N) is 2. The molecule has 0 saturated carbocycles. The topological polar surface area (TPSA) is 48.9 Å². The zero-order valence-electron chi connectivity index (χ0n) is 25.4. The van der Waals surface area contributed by atoms with Crippen molar-refractivity contribution < 1.29 is 4.74 Å². The molecule has 4 unspecified atom stereocenters. The summed E-state index contributed by atoms with van der Waals surface area (Å²) in [6, 6.07) is 38.6. The zero-order valence-corrected chi connectivity index (χ0v) is 25.4. The van der Waals surface area contributed by atoms with E-state index >= 15 is 0 Å². The molecule has 0 bridgehead atoms. The molecular weight excluding hydrogens is 564 g/mol. The van der Waals surface area contributed by atoms with Crippen molar-refractivity contribution in [2.45, 2.75) is 37.2 Å². The average Bonchev–Trinajstić information content (AvgIpc) is 3.72. The van der Waals surface area contributed by atoms with Crippen LogP contribution >= 0.6 is 0 Å². The van der Waals surface area contributed by atoms with E-state index in [1.54, 1.807) is 0 Å². The Morgan fingerprint density at radius 2 is 1.61 bits per heavy atom. The van der Waals surface area contributed by atoms with Crippen molar-refractivity contribution in [2.75, 3.05) is 4.90 Å². The van der Waals surface area contributed by atoms with E-state index in [-0.39, 0.29) is 24.4 Å². The minimum atomic E-state index is -0.189. The Morgan fingerprint density at radius 1 is 0.804 bits per heavy atom. The van der Waals surface area contributed by atoms with E-state index in [2.05, 4.69) is 155 Å². The number of benzene rings is 4. The molecular formula is C41H34N4O. The van der Waals surface area contributed by atoms with Crippen molar-refractivity contribution in [1.82, 2.24) is 10.6 Å². The van der Waals surface area contributed by atoms with Crippen LogP contribution < -0.4 is 15.5 Å². The molecule has 4 aromatic rings. The SMILES string of the molecule is C1=CCCC(C2=CC(c3cccc(N4c5ccccc5C5C6=C(C=CC54)NC(c4ccccc4)O6)c3)=NC(c3ccccc3)N2)=C1. The highest BCUT2D eigenvalue weighted by Gasteiger charge is 2.46. The van der Waals surface area contributed by atoms with Gasteiger partial charge in [0.05, 0.1) is 23.4 Å². The van der Waals surface area contributed by atoms with Crippen LogP contribution in [0.1, 0.15) is 53.4 Å². The summed E-state index contributed by atoms with van der Waals surface area (Å²) in [6.45, 7) is 0. The number of allylic oxidation sites excluding steroid dienone is 6. The minimum Gasteiger partial charge on any atom is -0.468 e. The Kier molecular flexibility index (Phi) is 6.48. The number of nitrogens with zero attached hydrogens (tertiary/aromatic N) is 2. The number of fused-ring (bicyclic) bond motifs is 4. The molecule has 0 fully saturated rings. The van der Waals surface area contributed by atoms with Crippen LogP contribution in [0.15, 0.2) is 173 Å². The summed E-state index contributed by atoms with van der Waals surface area (Å²) in [5.74, 6) is 1.11. The zero-order chi connectivity index (χ0) is 30.5. The van der Waals surface area contributed by atoms with Gasteiger partial charge in [0.25, 0.3) is 0 Å². The van der Waals surface area contributed by atoms with Crippen LogP contribution in [0.25, 0.3) is 0 Å². The molecule has 4 aromatic carbocycles. The second kappa shape index (κ2) is 11.1. The fourth-order valence-electron chi connectivity index (χ4n) is 7.36. The maximum absolute atomic E-state index is 6.70. The number of rotatable bonds is 5. The van der Waals surface area contributed by atoms with Crippen molar-refractivity contribution in [3.8, 4) is 0 Å². The first-order valence-electron chi connectivity index (χ1n) is 16.2. The maximum Gasteiger partial charge on any atom is 0.196 e. The van der Waals surface area contributed by atoms with Crippen molar-refractivity contribution in [3.05, 3.63) is 191 Å². The molecule has 2 N–H and O–H groups in total. The summed E-state index contributed by atoms with van der Waals surface area (Å²) in [5, 5.41) is 7.35. The standard InChI is InChI=1S/C41H34N4O/c1-4-13-27(14-5-1)34-26-35(43-40(42-34)28-15-6-2-7-16-28)30-19-12-20-31(25-30)45-36-22-11-10-21-32(36)38-37(45)24-23-33-39(38)46-41(44-33)29-17-8-3-9-18-29/h1-4,6-13,15-26,37-38,40-42,44H,5,14H2. The maximum atomic E-state index is 6.70. The van der Waals surface area contributed by atoms with E-state index in [4.69, 9.17) is 9.73 Å². The fourth-order valence-corrected chi connectivity index (χ4v) is 7.36. The third-order valence-electron chi connectivity index (χ3n) is 9.55. The van der Waals surface area contributed by atoms with Gasteiger partial charge in [-0.05, 0) is 59.9 Å². The monoisotopic (exact) mass is 598 g/mol. The van der Waals surface area contributed by atoms with Crippen LogP contribution in [0.4, 0.5) is 11.4 Å². The van der Waals surface area contributed by atoms with Crippen molar-refractivity contribution >= 4 is 17.1 Å². The highest BCUT2D eigenvalue weighted by Crippen LogP contribution is 2.53. The normalized spacial score (nSPS) is 24.1. The minimum absolute atomic E-state index is 0.0949. The van der Waals surface area contributed by atoms with Crippen LogP contribution in [0.2, 0.25) is 0 Å². The van der Waals surface area contributed by atoms with E-state index in [1.165, 1.54) is 16.8 Å². The van der Waals surface area contributed by atoms with Gasteiger partial charge < -0.3 is 20.3 Å². The average molecular weight is 599 g/mol. The molecule has 0 amide bonds. The Balaban J connectivity index is 1.09. The molecule has 5 nitrogen and oxygen atoms in total. The highest BCUT2D eigenvalue weighted by atomic mass is 16.5. The first-order valence-corrected chi connectivity index (χ1v) is 16.2. The van der Waals surface area contributed by atoms with Crippen LogP contribution in [-0.4, -0.2) is 11.8 Å². The lowest BCUT2D eigenvalue weighted by Gasteiger charge is -2.31. The van der Waals surface area contributed by atoms with Crippen molar-refractivity contribution in [3.63, 3.8) is 0 Å². The molecule has 2 aliphatic carbocycles. The highest BCUT2D eigenvalue weighted by molar-refractivity contribution is 6.10. The molecule has 5 aliphatic rings. The number of hydrogen-bond acceptors (Lipinski definition) is 5. The molecule has 224 valence electrons. The molecule has 4 atom stereocenters. The smallest absolute Gasteiger partial charge is 0.196 e. The summed E-state index contributed by atoms with van der Waals surface area (Å²) in [5.41, 5.74) is 11.5. The van der Waals surface area contributed by atoms with Gasteiger partial charge >= 0.3 is 0 Å². The van der Waals surface area contributed by atoms with Crippen LogP contribution in [0.3, 0.4) is 0 Å². The summed E-state index contributed by atoms with van der Waals surface area (Å²) in [6.07, 6.45) is 15.1. The lowest BCUT2D eigenvalue weighted by atomic mass is 9.88. The quantitative estimate of drug-likeness (QED) is 0.241. The molecule has 0 saturated heterocycles. The molecule has 5 heteroatoms. The van der Waals surface area contributed by atoms with Crippen LogP contribution in [-0.2, 0) is 4.74 Å². The van der Waals surface area contributed by atoms with Gasteiger partial charge in [0.2, 0.25) is 0 Å².